The van der Waals surface area contributed by atoms with Crippen LogP contribution in [0.2, 0.25) is 5.02 Å². The Morgan fingerprint density at radius 1 is 1.32 bits per heavy atom. The molecule has 6 nitrogen and oxygen atoms in total. The Bertz CT molecular complexity index is 717. The first-order valence-electron chi connectivity index (χ1n) is 6.49. The zero-order valence-corrected chi connectivity index (χ0v) is 12.8. The standard InChI is InChI=1S/C15H14ClN3O3/c1-15(2,13-5-3-4-8-17-13)18-14(20)11-7-6-10(19(21)22)9-12(11)16/h3-9H,1-2H3,(H,18,20). The van der Waals surface area contributed by atoms with Crippen LogP contribution in [0.4, 0.5) is 5.69 Å². The number of nitro groups is 1. The number of hydrogen-bond donors (Lipinski definition) is 1. The van der Waals surface area contributed by atoms with E-state index in [2.05, 4.69) is 10.3 Å². The fraction of sp³-hybridized carbons (Fsp3) is 0.200. The van der Waals surface area contributed by atoms with Crippen molar-refractivity contribution in [2.75, 3.05) is 0 Å². The highest BCUT2D eigenvalue weighted by Crippen LogP contribution is 2.24. The second-order valence-electron chi connectivity index (χ2n) is 5.22. The zero-order chi connectivity index (χ0) is 16.3. The Morgan fingerprint density at radius 3 is 2.59 bits per heavy atom. The molecule has 22 heavy (non-hydrogen) atoms. The lowest BCUT2D eigenvalue weighted by Crippen LogP contribution is -2.41. The lowest BCUT2D eigenvalue weighted by Gasteiger charge is -2.25. The molecular formula is C15H14ClN3O3. The van der Waals surface area contributed by atoms with Gasteiger partial charge in [-0.05, 0) is 32.0 Å². The molecule has 1 aromatic carbocycles. The van der Waals surface area contributed by atoms with Crippen molar-refractivity contribution in [2.45, 2.75) is 19.4 Å². The van der Waals surface area contributed by atoms with Crippen molar-refractivity contribution in [1.29, 1.82) is 0 Å². The molecule has 2 rings (SSSR count). The summed E-state index contributed by atoms with van der Waals surface area (Å²) in [6.07, 6.45) is 1.64. The molecule has 0 radical (unpaired) electrons. The molecule has 1 N–H and O–H groups in total. The van der Waals surface area contributed by atoms with Gasteiger partial charge in [0.2, 0.25) is 0 Å². The predicted octanol–water partition coefficient (Wildman–Crippen LogP) is 3.31. The molecule has 114 valence electrons. The van der Waals surface area contributed by atoms with Crippen molar-refractivity contribution in [3.05, 3.63) is 69.0 Å². The van der Waals surface area contributed by atoms with Gasteiger partial charge < -0.3 is 5.32 Å². The summed E-state index contributed by atoms with van der Waals surface area (Å²) >= 11 is 5.96. The molecule has 0 saturated carbocycles. The van der Waals surface area contributed by atoms with Crippen LogP contribution in [0.15, 0.2) is 42.6 Å². The smallest absolute Gasteiger partial charge is 0.270 e. The summed E-state index contributed by atoms with van der Waals surface area (Å²) in [5, 5.41) is 13.5. The fourth-order valence-corrected chi connectivity index (χ4v) is 2.21. The van der Waals surface area contributed by atoms with E-state index in [0.717, 1.165) is 6.07 Å². The minimum absolute atomic E-state index is 0.0310. The molecule has 1 amide bonds. The molecule has 2 aromatic rings. The Balaban J connectivity index is 2.24. The van der Waals surface area contributed by atoms with Gasteiger partial charge in [0.1, 0.15) is 0 Å². The molecule has 0 bridgehead atoms. The maximum absolute atomic E-state index is 12.3. The number of aromatic nitrogens is 1. The third kappa shape index (κ3) is 3.40. The molecule has 0 spiro atoms. The second kappa shape index (κ2) is 6.11. The van der Waals surface area contributed by atoms with Crippen LogP contribution in [-0.2, 0) is 5.54 Å². The van der Waals surface area contributed by atoms with Gasteiger partial charge in [-0.2, -0.15) is 0 Å². The predicted molar refractivity (Wildman–Crippen MR) is 82.8 cm³/mol. The SMILES string of the molecule is CC(C)(NC(=O)c1ccc([N+](=O)[O-])cc1Cl)c1ccccn1. The normalized spacial score (nSPS) is 11.0. The van der Waals surface area contributed by atoms with Crippen LogP contribution >= 0.6 is 11.6 Å². The van der Waals surface area contributed by atoms with Crippen LogP contribution in [0.3, 0.4) is 0 Å². The number of nitrogens with one attached hydrogen (secondary N) is 1. The molecule has 0 atom stereocenters. The quantitative estimate of drug-likeness (QED) is 0.692. The van der Waals surface area contributed by atoms with E-state index < -0.39 is 16.4 Å². The average Bonchev–Trinajstić information content (AvgIpc) is 2.47. The number of amides is 1. The number of nitro benzene ring substituents is 1. The van der Waals surface area contributed by atoms with E-state index in [9.17, 15) is 14.9 Å². The van der Waals surface area contributed by atoms with E-state index in [-0.39, 0.29) is 16.3 Å². The Hall–Kier alpha value is -2.47. The molecule has 0 fully saturated rings. The van der Waals surface area contributed by atoms with Crippen molar-refractivity contribution in [2.24, 2.45) is 0 Å². The third-order valence-electron chi connectivity index (χ3n) is 3.14. The van der Waals surface area contributed by atoms with Crippen molar-refractivity contribution in [3.63, 3.8) is 0 Å². The monoisotopic (exact) mass is 319 g/mol. The summed E-state index contributed by atoms with van der Waals surface area (Å²) in [4.78, 5) is 26.7. The van der Waals surface area contributed by atoms with Gasteiger partial charge >= 0.3 is 0 Å². The Labute approximate surface area is 132 Å². The average molecular weight is 320 g/mol. The lowest BCUT2D eigenvalue weighted by atomic mass is 9.99. The first-order chi connectivity index (χ1) is 10.3. The molecule has 0 aliphatic rings. The molecule has 0 saturated heterocycles. The number of hydrogen-bond acceptors (Lipinski definition) is 4. The van der Waals surface area contributed by atoms with Gasteiger partial charge in [-0.3, -0.25) is 19.9 Å². The van der Waals surface area contributed by atoms with Gasteiger partial charge in [-0.15, -0.1) is 0 Å². The number of carbonyl (C=O) groups excluding carboxylic acids is 1. The fourth-order valence-electron chi connectivity index (χ4n) is 1.95. The van der Waals surface area contributed by atoms with E-state index in [1.165, 1.54) is 12.1 Å². The maximum atomic E-state index is 12.3. The van der Waals surface area contributed by atoms with Crippen molar-refractivity contribution in [1.82, 2.24) is 10.3 Å². The highest BCUT2D eigenvalue weighted by molar-refractivity contribution is 6.34. The summed E-state index contributed by atoms with van der Waals surface area (Å²) in [6, 6.07) is 9.16. The van der Waals surface area contributed by atoms with Crippen molar-refractivity contribution < 1.29 is 9.72 Å². The number of benzene rings is 1. The van der Waals surface area contributed by atoms with Crippen LogP contribution in [-0.4, -0.2) is 15.8 Å². The maximum Gasteiger partial charge on any atom is 0.270 e. The second-order valence-corrected chi connectivity index (χ2v) is 5.62. The number of carbonyl (C=O) groups is 1. The minimum Gasteiger partial charge on any atom is -0.341 e. The first kappa shape index (κ1) is 15.9. The van der Waals surface area contributed by atoms with Gasteiger partial charge in [-0.25, -0.2) is 0 Å². The summed E-state index contributed by atoms with van der Waals surface area (Å²) in [7, 11) is 0. The molecule has 0 aliphatic heterocycles. The summed E-state index contributed by atoms with van der Waals surface area (Å²) in [5.74, 6) is -0.421. The van der Waals surface area contributed by atoms with Gasteiger partial charge in [0.05, 0.1) is 26.7 Å². The minimum atomic E-state index is -0.705. The zero-order valence-electron chi connectivity index (χ0n) is 12.0. The van der Waals surface area contributed by atoms with Crippen LogP contribution < -0.4 is 5.32 Å². The Morgan fingerprint density at radius 2 is 2.05 bits per heavy atom. The van der Waals surface area contributed by atoms with Crippen molar-refractivity contribution in [3.8, 4) is 0 Å². The van der Waals surface area contributed by atoms with Crippen LogP contribution in [0, 0.1) is 10.1 Å². The van der Waals surface area contributed by atoms with Crippen LogP contribution in [0.5, 0.6) is 0 Å². The molecular weight excluding hydrogens is 306 g/mol. The van der Waals surface area contributed by atoms with E-state index in [0.29, 0.717) is 5.69 Å². The molecule has 1 heterocycles. The molecule has 7 heteroatoms. The molecule has 0 aliphatic carbocycles. The molecule has 0 unspecified atom stereocenters. The summed E-state index contributed by atoms with van der Waals surface area (Å²) in [5.41, 5.74) is 0.00638. The van der Waals surface area contributed by atoms with Crippen molar-refractivity contribution >= 4 is 23.2 Å². The van der Waals surface area contributed by atoms with Gasteiger partial charge in [0.25, 0.3) is 11.6 Å². The van der Waals surface area contributed by atoms with Crippen LogP contribution in [0.25, 0.3) is 0 Å². The molecule has 1 aromatic heterocycles. The number of pyridine rings is 1. The number of halogens is 1. The lowest BCUT2D eigenvalue weighted by molar-refractivity contribution is -0.384. The van der Waals surface area contributed by atoms with Gasteiger partial charge in [-0.1, -0.05) is 17.7 Å². The highest BCUT2D eigenvalue weighted by Gasteiger charge is 2.26. The first-order valence-corrected chi connectivity index (χ1v) is 6.87. The summed E-state index contributed by atoms with van der Waals surface area (Å²) in [6.45, 7) is 3.62. The largest absolute Gasteiger partial charge is 0.341 e. The van der Waals surface area contributed by atoms with E-state index in [4.69, 9.17) is 11.6 Å². The van der Waals surface area contributed by atoms with Gasteiger partial charge in [0, 0.05) is 18.3 Å². The van der Waals surface area contributed by atoms with E-state index in [1.807, 2.05) is 19.9 Å². The van der Waals surface area contributed by atoms with Crippen LogP contribution in [0.1, 0.15) is 29.9 Å². The number of rotatable bonds is 4. The van der Waals surface area contributed by atoms with Gasteiger partial charge in [0.15, 0.2) is 0 Å². The number of nitrogens with zero attached hydrogens (tertiary/aromatic N) is 2. The van der Waals surface area contributed by atoms with E-state index >= 15 is 0 Å². The Kier molecular flexibility index (Phi) is 4.42. The highest BCUT2D eigenvalue weighted by atomic mass is 35.5. The number of non-ortho nitro benzene ring substituents is 1. The topological polar surface area (TPSA) is 85.1 Å². The van der Waals surface area contributed by atoms with E-state index in [1.54, 1.807) is 18.3 Å². The third-order valence-corrected chi connectivity index (χ3v) is 3.45. The summed E-state index contributed by atoms with van der Waals surface area (Å²) < 4.78 is 0.